The third-order valence-corrected chi connectivity index (χ3v) is 3.51. The van der Waals surface area contributed by atoms with E-state index in [4.69, 9.17) is 4.74 Å². The van der Waals surface area contributed by atoms with Crippen LogP contribution >= 0.6 is 0 Å². The van der Waals surface area contributed by atoms with Gasteiger partial charge in [-0.3, -0.25) is 10.1 Å². The zero-order chi connectivity index (χ0) is 15.2. The average molecular weight is 298 g/mol. The highest BCUT2D eigenvalue weighted by molar-refractivity contribution is 5.85. The van der Waals surface area contributed by atoms with Gasteiger partial charge in [0.25, 0.3) is 6.43 Å². The van der Waals surface area contributed by atoms with Crippen LogP contribution in [0, 0.1) is 0 Å². The average Bonchev–Trinajstić information content (AvgIpc) is 2.81. The Kier molecular flexibility index (Phi) is 5.64. The zero-order valence-electron chi connectivity index (χ0n) is 12.0. The standard InChI is InChI=1S/C15H20F2N2O2/c1-2-13-18-14(11-6-4-3-5-7-11)15(20)19(13)8-9-21-10-12(16)17/h3-7,12-14,18H,2,8-10H2,1H3. The van der Waals surface area contributed by atoms with Crippen molar-refractivity contribution in [3.05, 3.63) is 35.9 Å². The van der Waals surface area contributed by atoms with Gasteiger partial charge in [-0.1, -0.05) is 37.3 Å². The summed E-state index contributed by atoms with van der Waals surface area (Å²) < 4.78 is 28.9. The third kappa shape index (κ3) is 3.98. The van der Waals surface area contributed by atoms with E-state index in [1.165, 1.54) is 0 Å². The Hall–Kier alpha value is -1.53. The van der Waals surface area contributed by atoms with Crippen molar-refractivity contribution in [3.8, 4) is 0 Å². The fraction of sp³-hybridized carbons (Fsp3) is 0.533. The van der Waals surface area contributed by atoms with Gasteiger partial charge in [-0.25, -0.2) is 8.78 Å². The number of carbonyl (C=O) groups is 1. The third-order valence-electron chi connectivity index (χ3n) is 3.51. The molecule has 1 aliphatic rings. The van der Waals surface area contributed by atoms with Gasteiger partial charge in [-0.05, 0) is 12.0 Å². The Bertz CT molecular complexity index is 456. The molecule has 1 N–H and O–H groups in total. The van der Waals surface area contributed by atoms with Crippen LogP contribution in [0.25, 0.3) is 0 Å². The predicted octanol–water partition coefficient (Wildman–Crippen LogP) is 2.18. The van der Waals surface area contributed by atoms with Crippen molar-refractivity contribution in [1.82, 2.24) is 10.2 Å². The van der Waals surface area contributed by atoms with E-state index in [0.717, 1.165) is 12.0 Å². The summed E-state index contributed by atoms with van der Waals surface area (Å²) in [7, 11) is 0. The second-order valence-corrected chi connectivity index (χ2v) is 4.93. The summed E-state index contributed by atoms with van der Waals surface area (Å²) in [6.45, 7) is 1.83. The summed E-state index contributed by atoms with van der Waals surface area (Å²) in [5.74, 6) is -0.0336. The second-order valence-electron chi connectivity index (χ2n) is 4.93. The first-order valence-corrected chi connectivity index (χ1v) is 7.10. The molecule has 0 saturated carbocycles. The fourth-order valence-electron chi connectivity index (χ4n) is 2.50. The number of benzene rings is 1. The lowest BCUT2D eigenvalue weighted by molar-refractivity contribution is -0.131. The maximum Gasteiger partial charge on any atom is 0.261 e. The summed E-state index contributed by atoms with van der Waals surface area (Å²) in [6, 6.07) is 9.11. The molecule has 2 unspecified atom stereocenters. The molecule has 1 amide bonds. The summed E-state index contributed by atoms with van der Waals surface area (Å²) in [5.41, 5.74) is 0.914. The quantitative estimate of drug-likeness (QED) is 0.785. The summed E-state index contributed by atoms with van der Waals surface area (Å²) in [6.07, 6.45) is -1.81. The van der Waals surface area contributed by atoms with Crippen molar-refractivity contribution in [3.63, 3.8) is 0 Å². The van der Waals surface area contributed by atoms with E-state index in [1.807, 2.05) is 37.3 Å². The molecule has 0 radical (unpaired) electrons. The number of alkyl halides is 2. The molecule has 0 aliphatic carbocycles. The number of nitrogens with zero attached hydrogens (tertiary/aromatic N) is 1. The van der Waals surface area contributed by atoms with E-state index in [1.54, 1.807) is 4.90 Å². The monoisotopic (exact) mass is 298 g/mol. The van der Waals surface area contributed by atoms with Gasteiger partial charge in [0.1, 0.15) is 12.6 Å². The van der Waals surface area contributed by atoms with E-state index < -0.39 is 13.0 Å². The van der Waals surface area contributed by atoms with Crippen LogP contribution in [0.5, 0.6) is 0 Å². The molecular weight excluding hydrogens is 278 g/mol. The number of halogens is 2. The van der Waals surface area contributed by atoms with Gasteiger partial charge < -0.3 is 9.64 Å². The lowest BCUT2D eigenvalue weighted by Gasteiger charge is -2.22. The molecule has 0 bridgehead atoms. The Labute approximate surface area is 123 Å². The molecule has 116 valence electrons. The molecule has 1 aromatic carbocycles. The Balaban J connectivity index is 1.96. The van der Waals surface area contributed by atoms with Crippen molar-refractivity contribution >= 4 is 5.91 Å². The molecule has 1 fully saturated rings. The number of carbonyl (C=O) groups excluding carboxylic acids is 1. The molecular formula is C15H20F2N2O2. The number of ether oxygens (including phenoxy) is 1. The first-order chi connectivity index (χ1) is 10.1. The van der Waals surface area contributed by atoms with Crippen LogP contribution < -0.4 is 5.32 Å². The van der Waals surface area contributed by atoms with Crippen LogP contribution in [0.4, 0.5) is 8.78 Å². The van der Waals surface area contributed by atoms with Crippen LogP contribution in [0.15, 0.2) is 30.3 Å². The highest BCUT2D eigenvalue weighted by atomic mass is 19.3. The van der Waals surface area contributed by atoms with E-state index in [2.05, 4.69) is 5.32 Å². The minimum Gasteiger partial charge on any atom is -0.374 e. The Morgan fingerprint density at radius 1 is 1.33 bits per heavy atom. The van der Waals surface area contributed by atoms with E-state index in [9.17, 15) is 13.6 Å². The highest BCUT2D eigenvalue weighted by Gasteiger charge is 2.38. The van der Waals surface area contributed by atoms with Gasteiger partial charge in [0.2, 0.25) is 5.91 Å². The van der Waals surface area contributed by atoms with Crippen molar-refractivity contribution < 1.29 is 18.3 Å². The highest BCUT2D eigenvalue weighted by Crippen LogP contribution is 2.25. The van der Waals surface area contributed by atoms with E-state index in [0.29, 0.717) is 6.54 Å². The minimum atomic E-state index is -2.48. The van der Waals surface area contributed by atoms with E-state index >= 15 is 0 Å². The van der Waals surface area contributed by atoms with Crippen molar-refractivity contribution in [2.75, 3.05) is 19.8 Å². The molecule has 1 aliphatic heterocycles. The van der Waals surface area contributed by atoms with Crippen molar-refractivity contribution in [1.29, 1.82) is 0 Å². The van der Waals surface area contributed by atoms with Crippen LogP contribution in [0.1, 0.15) is 24.9 Å². The molecule has 0 spiro atoms. The normalized spacial score (nSPS) is 22.3. The topological polar surface area (TPSA) is 41.6 Å². The van der Waals surface area contributed by atoms with Crippen LogP contribution in [0.3, 0.4) is 0 Å². The van der Waals surface area contributed by atoms with Gasteiger partial charge in [-0.2, -0.15) is 0 Å². The van der Waals surface area contributed by atoms with E-state index in [-0.39, 0.29) is 24.7 Å². The van der Waals surface area contributed by atoms with Crippen LogP contribution in [-0.4, -0.2) is 43.2 Å². The van der Waals surface area contributed by atoms with Gasteiger partial charge >= 0.3 is 0 Å². The van der Waals surface area contributed by atoms with Crippen LogP contribution in [0.2, 0.25) is 0 Å². The zero-order valence-corrected chi connectivity index (χ0v) is 12.0. The molecule has 0 aromatic heterocycles. The number of rotatable bonds is 7. The predicted molar refractivity (Wildman–Crippen MR) is 74.9 cm³/mol. The maximum absolute atomic E-state index is 12.5. The van der Waals surface area contributed by atoms with Gasteiger partial charge in [0, 0.05) is 6.54 Å². The maximum atomic E-state index is 12.5. The van der Waals surface area contributed by atoms with Gasteiger partial charge in [-0.15, -0.1) is 0 Å². The largest absolute Gasteiger partial charge is 0.374 e. The first kappa shape index (κ1) is 15.9. The lowest BCUT2D eigenvalue weighted by atomic mass is 10.1. The Morgan fingerprint density at radius 3 is 2.67 bits per heavy atom. The second kappa shape index (κ2) is 7.47. The molecule has 1 heterocycles. The van der Waals surface area contributed by atoms with Crippen molar-refractivity contribution in [2.24, 2.45) is 0 Å². The molecule has 4 nitrogen and oxygen atoms in total. The molecule has 6 heteroatoms. The smallest absolute Gasteiger partial charge is 0.261 e. The summed E-state index contributed by atoms with van der Waals surface area (Å²) >= 11 is 0. The molecule has 1 aromatic rings. The number of nitrogens with one attached hydrogen (secondary N) is 1. The van der Waals surface area contributed by atoms with Gasteiger partial charge in [0.05, 0.1) is 12.8 Å². The summed E-state index contributed by atoms with van der Waals surface area (Å²) in [4.78, 5) is 14.1. The van der Waals surface area contributed by atoms with Gasteiger partial charge in [0.15, 0.2) is 0 Å². The fourth-order valence-corrected chi connectivity index (χ4v) is 2.50. The van der Waals surface area contributed by atoms with Crippen LogP contribution in [-0.2, 0) is 9.53 Å². The Morgan fingerprint density at radius 2 is 2.05 bits per heavy atom. The SMILES string of the molecule is CCC1NC(c2ccccc2)C(=O)N1CCOCC(F)F. The minimum absolute atomic E-state index is 0.0336. The molecule has 2 atom stereocenters. The van der Waals surface area contributed by atoms with Crippen molar-refractivity contribution in [2.45, 2.75) is 32.0 Å². The first-order valence-electron chi connectivity index (χ1n) is 7.10. The molecule has 21 heavy (non-hydrogen) atoms. The number of hydrogen-bond donors (Lipinski definition) is 1. The molecule has 2 rings (SSSR count). The summed E-state index contributed by atoms with van der Waals surface area (Å²) in [5, 5.41) is 3.28. The number of amides is 1. The lowest BCUT2D eigenvalue weighted by Crippen LogP contribution is -2.39. The number of hydrogen-bond acceptors (Lipinski definition) is 3. The molecule has 1 saturated heterocycles.